The van der Waals surface area contributed by atoms with Crippen LogP contribution >= 0.6 is 0 Å². The Bertz CT molecular complexity index is 1460. The molecule has 4 aromatic carbocycles. The molecule has 2 aliphatic rings. The third kappa shape index (κ3) is 5.33. The maximum atomic E-state index is 2.52. The van der Waals surface area contributed by atoms with Crippen molar-refractivity contribution in [2.45, 2.75) is 77.3 Å². The summed E-state index contributed by atoms with van der Waals surface area (Å²) < 4.78 is 0. The molecule has 2 aliphatic carbocycles. The molecule has 2 unspecified atom stereocenters. The molecule has 0 fully saturated rings. The molecule has 2 atom stereocenters. The predicted molar refractivity (Wildman–Crippen MR) is 180 cm³/mol. The molecule has 206 valence electrons. The van der Waals surface area contributed by atoms with Crippen molar-refractivity contribution in [3.63, 3.8) is 0 Å². The van der Waals surface area contributed by atoms with E-state index >= 15 is 0 Å². The van der Waals surface area contributed by atoms with E-state index in [-0.39, 0.29) is 0 Å². The van der Waals surface area contributed by atoms with Crippen molar-refractivity contribution in [1.29, 1.82) is 0 Å². The second kappa shape index (κ2) is 12.2. The van der Waals surface area contributed by atoms with Gasteiger partial charge in [-0.05, 0) is 81.3 Å². The van der Waals surface area contributed by atoms with Crippen molar-refractivity contribution in [3.05, 3.63) is 129 Å². The van der Waals surface area contributed by atoms with E-state index in [1.54, 1.807) is 22.3 Å². The van der Waals surface area contributed by atoms with Gasteiger partial charge in [-0.15, -0.1) is 0 Å². The summed E-state index contributed by atoms with van der Waals surface area (Å²) in [6.45, 7) is 9.13. The molecule has 0 bridgehead atoms. The van der Waals surface area contributed by atoms with Gasteiger partial charge in [0.1, 0.15) is 0 Å². The van der Waals surface area contributed by atoms with Gasteiger partial charge in [0.25, 0.3) is 0 Å². The molecule has 1 heteroatoms. The number of rotatable bonds is 10. The van der Waals surface area contributed by atoms with E-state index in [0.29, 0.717) is 11.8 Å². The molecule has 0 nitrogen and oxygen atoms in total. The molecule has 41 heavy (non-hydrogen) atoms. The molecule has 0 saturated heterocycles. The fourth-order valence-electron chi connectivity index (χ4n) is 6.96. The Kier molecular flexibility index (Phi) is 8.26. The van der Waals surface area contributed by atoms with E-state index in [9.17, 15) is 0 Å². The lowest BCUT2D eigenvalue weighted by Gasteiger charge is -2.20. The van der Waals surface area contributed by atoms with Gasteiger partial charge in [-0.1, -0.05) is 148 Å². The van der Waals surface area contributed by atoms with E-state index in [4.69, 9.17) is 0 Å². The first-order valence-corrected chi connectivity index (χ1v) is 17.1. The van der Waals surface area contributed by atoms with Crippen LogP contribution in [0.4, 0.5) is 0 Å². The van der Waals surface area contributed by atoms with E-state index in [1.165, 1.54) is 56.6 Å². The third-order valence-corrected chi connectivity index (χ3v) is 10.8. The van der Waals surface area contributed by atoms with Crippen LogP contribution in [-0.4, -0.2) is 9.52 Å². The van der Waals surface area contributed by atoms with E-state index < -0.39 is 0 Å². The molecular weight excluding hydrogens is 509 g/mol. The summed E-state index contributed by atoms with van der Waals surface area (Å²) in [5.41, 5.74) is 17.5. The van der Waals surface area contributed by atoms with Gasteiger partial charge in [0.15, 0.2) is 0 Å². The maximum absolute atomic E-state index is 2.52. The zero-order chi connectivity index (χ0) is 28.3. The van der Waals surface area contributed by atoms with Crippen LogP contribution in [-0.2, 0) is 12.8 Å². The smallest absolute Gasteiger partial charge is 0.0397 e. The maximum Gasteiger partial charge on any atom is 0.0397 e. The molecule has 0 aromatic heterocycles. The molecule has 0 N–H and O–H groups in total. The van der Waals surface area contributed by atoms with Gasteiger partial charge in [-0.25, -0.2) is 0 Å². The van der Waals surface area contributed by atoms with Crippen molar-refractivity contribution >= 4 is 21.7 Å². The standard InChI is InChI=1S/C40H42Si/c1-5-27-15-19-31(20-16-27)33-11-9-13-35-37(33)23-29(7-3)39(35)25-41-26-40-30(8-4)24-38-34(12-10-14-36(38)40)32-21-17-28(6-2)18-22-32/h9-24,39-40H,5-8,25-26H2,1-4H3. The molecular formula is C40H42Si. The molecule has 4 aromatic rings. The Hall–Kier alpha value is -3.42. The highest BCUT2D eigenvalue weighted by atomic mass is 28.2. The van der Waals surface area contributed by atoms with Crippen molar-refractivity contribution in [1.82, 2.24) is 0 Å². The molecule has 0 spiro atoms. The second-order valence-electron chi connectivity index (χ2n) is 11.6. The minimum Gasteiger partial charge on any atom is -0.0626 e. The number of allylic oxidation sites excluding steroid dienone is 2. The van der Waals surface area contributed by atoms with Crippen LogP contribution in [0.2, 0.25) is 12.1 Å². The molecule has 0 amide bonds. The fraction of sp³-hybridized carbons (Fsp3) is 0.300. The monoisotopic (exact) mass is 550 g/mol. The summed E-state index contributed by atoms with van der Waals surface area (Å²) >= 11 is 0. The molecule has 6 rings (SSSR count). The summed E-state index contributed by atoms with van der Waals surface area (Å²) in [5.74, 6) is 1.11. The normalized spacial score (nSPS) is 17.3. The summed E-state index contributed by atoms with van der Waals surface area (Å²) in [6, 6.07) is 34.9. The predicted octanol–water partition coefficient (Wildman–Crippen LogP) is 11.2. The zero-order valence-electron chi connectivity index (χ0n) is 25.1. The van der Waals surface area contributed by atoms with Gasteiger partial charge in [-0.3, -0.25) is 0 Å². The third-order valence-electron chi connectivity index (χ3n) is 9.44. The number of hydrogen-bond acceptors (Lipinski definition) is 0. The number of aryl methyl sites for hydroxylation is 2. The first-order valence-electron chi connectivity index (χ1n) is 15.7. The Morgan fingerprint density at radius 1 is 0.488 bits per heavy atom. The van der Waals surface area contributed by atoms with Crippen molar-refractivity contribution in [3.8, 4) is 22.3 Å². The van der Waals surface area contributed by atoms with Gasteiger partial charge >= 0.3 is 0 Å². The number of hydrogen-bond donors (Lipinski definition) is 0. The number of benzene rings is 4. The molecule has 0 heterocycles. The van der Waals surface area contributed by atoms with E-state index in [1.807, 2.05) is 0 Å². The molecule has 0 aliphatic heterocycles. The van der Waals surface area contributed by atoms with Crippen LogP contribution < -0.4 is 0 Å². The van der Waals surface area contributed by atoms with Crippen LogP contribution in [0, 0.1) is 0 Å². The molecule has 2 radical (unpaired) electrons. The van der Waals surface area contributed by atoms with Gasteiger partial charge in [0, 0.05) is 21.4 Å². The Balaban J connectivity index is 1.22. The topological polar surface area (TPSA) is 0 Å². The highest BCUT2D eigenvalue weighted by molar-refractivity contribution is 6.36. The summed E-state index contributed by atoms with van der Waals surface area (Å²) in [4.78, 5) is 0. The van der Waals surface area contributed by atoms with Gasteiger partial charge in [0.05, 0.1) is 0 Å². The quantitative estimate of drug-likeness (QED) is 0.172. The fourth-order valence-corrected chi connectivity index (χ4v) is 8.67. The lowest BCUT2D eigenvalue weighted by molar-refractivity contribution is 0.830. The lowest BCUT2D eigenvalue weighted by Crippen LogP contribution is -2.08. The van der Waals surface area contributed by atoms with Gasteiger partial charge in [-0.2, -0.15) is 0 Å². The minimum absolute atomic E-state index is 0.557. The van der Waals surface area contributed by atoms with Crippen molar-refractivity contribution in [2.75, 3.05) is 0 Å². The highest BCUT2D eigenvalue weighted by Gasteiger charge is 2.29. The Labute approximate surface area is 250 Å². The van der Waals surface area contributed by atoms with Crippen LogP contribution in [0.1, 0.15) is 85.8 Å². The van der Waals surface area contributed by atoms with Gasteiger partial charge < -0.3 is 0 Å². The Morgan fingerprint density at radius 3 is 1.27 bits per heavy atom. The Morgan fingerprint density at radius 2 is 0.902 bits per heavy atom. The molecule has 0 saturated carbocycles. The highest BCUT2D eigenvalue weighted by Crippen LogP contribution is 2.47. The largest absolute Gasteiger partial charge is 0.0626 e. The SMILES string of the molecule is CCC1=Cc2c(-c3ccc(CC)cc3)cccc2C1C[Si]CC1C(CC)=Cc2c(-c3ccc(CC)cc3)cccc21. The number of fused-ring (bicyclic) bond motifs is 2. The summed E-state index contributed by atoms with van der Waals surface area (Å²) in [6.07, 6.45) is 9.47. The van der Waals surface area contributed by atoms with Crippen LogP contribution in [0.15, 0.2) is 96.1 Å². The van der Waals surface area contributed by atoms with E-state index in [0.717, 1.165) is 35.2 Å². The summed E-state index contributed by atoms with van der Waals surface area (Å²) in [5, 5.41) is 0. The summed E-state index contributed by atoms with van der Waals surface area (Å²) in [7, 11) is 0.943. The zero-order valence-corrected chi connectivity index (χ0v) is 26.1. The van der Waals surface area contributed by atoms with Crippen molar-refractivity contribution in [2.24, 2.45) is 0 Å². The van der Waals surface area contributed by atoms with E-state index in [2.05, 4.69) is 125 Å². The van der Waals surface area contributed by atoms with Crippen molar-refractivity contribution < 1.29 is 0 Å². The lowest BCUT2D eigenvalue weighted by atomic mass is 9.92. The van der Waals surface area contributed by atoms with Crippen LogP contribution in [0.25, 0.3) is 34.4 Å². The van der Waals surface area contributed by atoms with Gasteiger partial charge in [0.2, 0.25) is 0 Å². The minimum atomic E-state index is 0.557. The average Bonchev–Trinajstić information content (AvgIpc) is 3.59. The first kappa shape index (κ1) is 27.7. The first-order chi connectivity index (χ1) is 20.1. The average molecular weight is 551 g/mol. The van der Waals surface area contributed by atoms with Crippen LogP contribution in [0.3, 0.4) is 0 Å². The van der Waals surface area contributed by atoms with Crippen LogP contribution in [0.5, 0.6) is 0 Å². The second-order valence-corrected chi connectivity index (χ2v) is 12.9.